The SMILES string of the molecule is CC(C)C(=O)N1C2CCCCC2CC(S)C1C(=O)O. The van der Waals surface area contributed by atoms with Crippen molar-refractivity contribution < 1.29 is 14.7 Å². The van der Waals surface area contributed by atoms with Crippen LogP contribution in [0.3, 0.4) is 0 Å². The van der Waals surface area contributed by atoms with Gasteiger partial charge in [0, 0.05) is 17.2 Å². The number of likely N-dealkylation sites (tertiary alicyclic amines) is 1. The van der Waals surface area contributed by atoms with Gasteiger partial charge in [-0.05, 0) is 25.2 Å². The Morgan fingerprint density at radius 1 is 1.26 bits per heavy atom. The molecule has 5 heteroatoms. The predicted molar refractivity (Wildman–Crippen MR) is 76.2 cm³/mol. The summed E-state index contributed by atoms with van der Waals surface area (Å²) in [5.74, 6) is -0.696. The van der Waals surface area contributed by atoms with Gasteiger partial charge in [-0.15, -0.1) is 0 Å². The topological polar surface area (TPSA) is 57.6 Å². The molecule has 1 aliphatic carbocycles. The van der Waals surface area contributed by atoms with Gasteiger partial charge in [-0.1, -0.05) is 26.7 Å². The molecule has 2 fully saturated rings. The van der Waals surface area contributed by atoms with Gasteiger partial charge in [-0.25, -0.2) is 4.79 Å². The third-order valence-corrected chi connectivity index (χ3v) is 4.93. The number of hydrogen-bond acceptors (Lipinski definition) is 3. The van der Waals surface area contributed by atoms with Gasteiger partial charge in [0.25, 0.3) is 0 Å². The molecule has 4 atom stereocenters. The third kappa shape index (κ3) is 2.76. The lowest BCUT2D eigenvalue weighted by molar-refractivity contribution is -0.159. The summed E-state index contributed by atoms with van der Waals surface area (Å²) in [4.78, 5) is 25.6. The second-order valence-corrected chi connectivity index (χ2v) is 6.76. The number of hydrogen-bond donors (Lipinski definition) is 2. The standard InChI is InChI=1S/C14H23NO3S/c1-8(2)13(16)15-10-6-4-3-5-9(10)7-11(19)12(15)14(17)18/h8-12,19H,3-7H2,1-2H3,(H,17,18). The van der Waals surface area contributed by atoms with Crippen LogP contribution in [-0.4, -0.2) is 39.2 Å². The van der Waals surface area contributed by atoms with E-state index in [9.17, 15) is 14.7 Å². The van der Waals surface area contributed by atoms with Crippen LogP contribution in [0.5, 0.6) is 0 Å². The Labute approximate surface area is 120 Å². The van der Waals surface area contributed by atoms with Gasteiger partial charge < -0.3 is 10.0 Å². The summed E-state index contributed by atoms with van der Waals surface area (Å²) in [5.41, 5.74) is 0. The van der Waals surface area contributed by atoms with Crippen LogP contribution in [0.15, 0.2) is 0 Å². The van der Waals surface area contributed by atoms with E-state index < -0.39 is 12.0 Å². The van der Waals surface area contributed by atoms with E-state index in [1.807, 2.05) is 13.8 Å². The molecule has 0 aromatic heterocycles. The molecule has 0 spiro atoms. The normalized spacial score (nSPS) is 35.1. The molecule has 1 saturated carbocycles. The fourth-order valence-electron chi connectivity index (χ4n) is 3.54. The van der Waals surface area contributed by atoms with Crippen molar-refractivity contribution >= 4 is 24.5 Å². The number of amides is 1. The summed E-state index contributed by atoms with van der Waals surface area (Å²) < 4.78 is 0. The van der Waals surface area contributed by atoms with Crippen LogP contribution >= 0.6 is 12.6 Å². The molecule has 0 aromatic carbocycles. The van der Waals surface area contributed by atoms with E-state index in [0.717, 1.165) is 25.7 Å². The first-order valence-electron chi connectivity index (χ1n) is 7.16. The highest BCUT2D eigenvalue weighted by Gasteiger charge is 2.47. The third-order valence-electron chi connectivity index (χ3n) is 4.44. The number of piperidine rings is 1. The number of nitrogens with zero attached hydrogens (tertiary/aromatic N) is 1. The minimum absolute atomic E-state index is 0.0388. The predicted octanol–water partition coefficient (Wildman–Crippen LogP) is 2.19. The van der Waals surface area contributed by atoms with E-state index in [0.29, 0.717) is 5.92 Å². The average molecular weight is 285 g/mol. The lowest BCUT2D eigenvalue weighted by atomic mass is 9.75. The number of carbonyl (C=O) groups excluding carboxylic acids is 1. The maximum absolute atomic E-state index is 12.4. The largest absolute Gasteiger partial charge is 0.480 e. The molecule has 1 aliphatic heterocycles. The summed E-state index contributed by atoms with van der Waals surface area (Å²) in [6.45, 7) is 3.67. The Kier molecular flexibility index (Phi) is 4.43. The highest BCUT2D eigenvalue weighted by molar-refractivity contribution is 7.81. The Hall–Kier alpha value is -0.710. The molecule has 0 radical (unpaired) electrons. The number of rotatable bonds is 2. The Morgan fingerprint density at radius 2 is 1.89 bits per heavy atom. The minimum atomic E-state index is -0.918. The summed E-state index contributed by atoms with van der Waals surface area (Å²) >= 11 is 4.46. The lowest BCUT2D eigenvalue weighted by Gasteiger charge is -2.50. The van der Waals surface area contributed by atoms with Crippen molar-refractivity contribution in [2.75, 3.05) is 0 Å². The van der Waals surface area contributed by atoms with E-state index in [1.165, 1.54) is 6.42 Å². The molecule has 1 amide bonds. The maximum Gasteiger partial charge on any atom is 0.327 e. The van der Waals surface area contributed by atoms with Gasteiger partial charge in [0.05, 0.1) is 0 Å². The number of thiol groups is 1. The van der Waals surface area contributed by atoms with Crippen molar-refractivity contribution in [2.24, 2.45) is 11.8 Å². The highest BCUT2D eigenvalue weighted by atomic mass is 32.1. The molecule has 0 aromatic rings. The molecule has 4 unspecified atom stereocenters. The lowest BCUT2D eigenvalue weighted by Crippen LogP contribution is -2.62. The molecule has 1 heterocycles. The number of aliphatic carboxylic acids is 1. The number of carboxylic acids is 1. The minimum Gasteiger partial charge on any atom is -0.480 e. The zero-order valence-electron chi connectivity index (χ0n) is 11.6. The Bertz CT molecular complexity index is 372. The first-order chi connectivity index (χ1) is 8.93. The second-order valence-electron chi connectivity index (χ2n) is 6.10. The zero-order valence-corrected chi connectivity index (χ0v) is 12.5. The molecule has 0 bridgehead atoms. The Morgan fingerprint density at radius 3 is 2.47 bits per heavy atom. The van der Waals surface area contributed by atoms with Crippen LogP contribution in [-0.2, 0) is 9.59 Å². The Balaban J connectivity index is 2.32. The van der Waals surface area contributed by atoms with E-state index in [4.69, 9.17) is 0 Å². The van der Waals surface area contributed by atoms with Crippen molar-refractivity contribution in [3.8, 4) is 0 Å². The molecular formula is C14H23NO3S. The van der Waals surface area contributed by atoms with Crippen molar-refractivity contribution in [2.45, 2.75) is 63.3 Å². The summed E-state index contributed by atoms with van der Waals surface area (Å²) in [6, 6.07) is -0.661. The highest BCUT2D eigenvalue weighted by Crippen LogP contribution is 2.40. The molecule has 1 saturated heterocycles. The van der Waals surface area contributed by atoms with E-state index in [2.05, 4.69) is 12.6 Å². The van der Waals surface area contributed by atoms with E-state index in [-0.39, 0.29) is 23.1 Å². The van der Waals surface area contributed by atoms with Crippen LogP contribution in [0.2, 0.25) is 0 Å². The van der Waals surface area contributed by atoms with Gasteiger partial charge in [-0.2, -0.15) is 12.6 Å². The van der Waals surface area contributed by atoms with Gasteiger partial charge in [0.15, 0.2) is 0 Å². The molecule has 108 valence electrons. The zero-order chi connectivity index (χ0) is 14.2. The molecule has 2 aliphatic rings. The van der Waals surface area contributed by atoms with Crippen LogP contribution in [0.4, 0.5) is 0 Å². The molecular weight excluding hydrogens is 262 g/mol. The van der Waals surface area contributed by atoms with Crippen molar-refractivity contribution in [1.29, 1.82) is 0 Å². The van der Waals surface area contributed by atoms with Gasteiger partial charge in [0.1, 0.15) is 6.04 Å². The van der Waals surface area contributed by atoms with Crippen molar-refractivity contribution in [3.63, 3.8) is 0 Å². The van der Waals surface area contributed by atoms with E-state index >= 15 is 0 Å². The van der Waals surface area contributed by atoms with Gasteiger partial charge in [0.2, 0.25) is 5.91 Å². The first-order valence-corrected chi connectivity index (χ1v) is 7.68. The van der Waals surface area contributed by atoms with Crippen molar-refractivity contribution in [1.82, 2.24) is 4.90 Å². The monoisotopic (exact) mass is 285 g/mol. The smallest absolute Gasteiger partial charge is 0.327 e. The van der Waals surface area contributed by atoms with Crippen LogP contribution < -0.4 is 0 Å². The summed E-state index contributed by atoms with van der Waals surface area (Å²) in [5, 5.41) is 9.21. The quantitative estimate of drug-likeness (QED) is 0.765. The second kappa shape index (κ2) is 5.73. The fourth-order valence-corrected chi connectivity index (χ4v) is 4.08. The summed E-state index contributed by atoms with van der Waals surface area (Å²) in [6.07, 6.45) is 5.12. The molecule has 4 nitrogen and oxygen atoms in total. The van der Waals surface area contributed by atoms with Crippen LogP contribution in [0, 0.1) is 11.8 Å². The number of fused-ring (bicyclic) bond motifs is 1. The summed E-state index contributed by atoms with van der Waals surface area (Å²) in [7, 11) is 0. The number of carboxylic acid groups (broad SMARTS) is 1. The van der Waals surface area contributed by atoms with Crippen LogP contribution in [0.25, 0.3) is 0 Å². The van der Waals surface area contributed by atoms with E-state index in [1.54, 1.807) is 4.90 Å². The molecule has 1 N–H and O–H groups in total. The molecule has 2 rings (SSSR count). The van der Waals surface area contributed by atoms with Crippen molar-refractivity contribution in [3.05, 3.63) is 0 Å². The first kappa shape index (κ1) is 14.7. The maximum atomic E-state index is 12.4. The van der Waals surface area contributed by atoms with Crippen LogP contribution in [0.1, 0.15) is 46.0 Å². The number of carbonyl (C=O) groups is 2. The molecule has 19 heavy (non-hydrogen) atoms. The van der Waals surface area contributed by atoms with Gasteiger partial charge in [-0.3, -0.25) is 4.79 Å². The van der Waals surface area contributed by atoms with Gasteiger partial charge >= 0.3 is 5.97 Å². The average Bonchev–Trinajstić information content (AvgIpc) is 2.35. The fraction of sp³-hybridized carbons (Fsp3) is 0.857.